The van der Waals surface area contributed by atoms with E-state index >= 15 is 0 Å². The van der Waals surface area contributed by atoms with Gasteiger partial charge in [-0.05, 0) is 38.8 Å². The van der Waals surface area contributed by atoms with Crippen molar-refractivity contribution in [2.24, 2.45) is 0 Å². The Labute approximate surface area is 102 Å². The highest BCUT2D eigenvalue weighted by Gasteiger charge is 2.23. The summed E-state index contributed by atoms with van der Waals surface area (Å²) >= 11 is 0. The third-order valence-corrected chi connectivity index (χ3v) is 3.21. The summed E-state index contributed by atoms with van der Waals surface area (Å²) in [6.45, 7) is 6.41. The fourth-order valence-electron chi connectivity index (χ4n) is 2.13. The van der Waals surface area contributed by atoms with Gasteiger partial charge in [0.2, 0.25) is 0 Å². The van der Waals surface area contributed by atoms with E-state index in [4.69, 9.17) is 4.74 Å². The van der Waals surface area contributed by atoms with E-state index in [1.54, 1.807) is 12.3 Å². The first kappa shape index (κ1) is 12.3. The fourth-order valence-corrected chi connectivity index (χ4v) is 2.13. The van der Waals surface area contributed by atoms with Crippen LogP contribution in [-0.2, 0) is 0 Å². The average molecular weight is 238 g/mol. The summed E-state index contributed by atoms with van der Waals surface area (Å²) in [6.07, 6.45) is 3.53. The number of piperidine rings is 1. The van der Waals surface area contributed by atoms with Crippen LogP contribution in [0.15, 0.2) is 18.3 Å². The summed E-state index contributed by atoms with van der Waals surface area (Å²) in [6, 6.07) is 3.53. The van der Waals surface area contributed by atoms with Gasteiger partial charge in [-0.25, -0.2) is 9.37 Å². The summed E-state index contributed by atoms with van der Waals surface area (Å²) in [5, 5.41) is 0. The molecule has 0 spiro atoms. The number of halogens is 1. The van der Waals surface area contributed by atoms with Gasteiger partial charge in [0.1, 0.15) is 6.10 Å². The van der Waals surface area contributed by atoms with Gasteiger partial charge in [-0.2, -0.15) is 0 Å². The van der Waals surface area contributed by atoms with E-state index in [2.05, 4.69) is 23.7 Å². The first-order chi connectivity index (χ1) is 8.16. The molecule has 1 fully saturated rings. The lowest BCUT2D eigenvalue weighted by Gasteiger charge is -2.34. The van der Waals surface area contributed by atoms with Crippen LogP contribution in [0.1, 0.15) is 26.7 Å². The molecule has 0 aromatic carbocycles. The maximum Gasteiger partial charge on any atom is 0.250 e. The summed E-state index contributed by atoms with van der Waals surface area (Å²) < 4.78 is 19.0. The van der Waals surface area contributed by atoms with Gasteiger partial charge in [0, 0.05) is 25.3 Å². The van der Waals surface area contributed by atoms with Crippen LogP contribution in [0.3, 0.4) is 0 Å². The molecule has 3 nitrogen and oxygen atoms in total. The highest BCUT2D eigenvalue weighted by atomic mass is 19.1. The van der Waals surface area contributed by atoms with E-state index in [1.165, 1.54) is 6.07 Å². The molecule has 0 saturated carbocycles. The topological polar surface area (TPSA) is 25.4 Å². The van der Waals surface area contributed by atoms with Crippen molar-refractivity contribution in [1.82, 2.24) is 9.88 Å². The van der Waals surface area contributed by atoms with Crippen molar-refractivity contribution in [2.45, 2.75) is 38.8 Å². The van der Waals surface area contributed by atoms with Crippen LogP contribution in [-0.4, -0.2) is 35.1 Å². The predicted molar refractivity (Wildman–Crippen MR) is 64.6 cm³/mol. The van der Waals surface area contributed by atoms with Gasteiger partial charge in [0.05, 0.1) is 0 Å². The molecule has 1 aromatic rings. The van der Waals surface area contributed by atoms with Gasteiger partial charge in [-0.1, -0.05) is 0 Å². The molecule has 17 heavy (non-hydrogen) atoms. The van der Waals surface area contributed by atoms with E-state index in [9.17, 15) is 4.39 Å². The van der Waals surface area contributed by atoms with Crippen LogP contribution in [0.4, 0.5) is 4.39 Å². The zero-order valence-electron chi connectivity index (χ0n) is 10.4. The second-order valence-electron chi connectivity index (χ2n) is 4.74. The number of nitrogens with zero attached hydrogens (tertiary/aromatic N) is 2. The van der Waals surface area contributed by atoms with Crippen molar-refractivity contribution in [3.63, 3.8) is 0 Å². The number of pyridine rings is 1. The minimum atomic E-state index is -0.376. The van der Waals surface area contributed by atoms with E-state index in [0.29, 0.717) is 6.04 Å². The molecule has 1 saturated heterocycles. The van der Waals surface area contributed by atoms with Crippen molar-refractivity contribution < 1.29 is 9.13 Å². The Bertz CT molecular complexity index is 362. The predicted octanol–water partition coefficient (Wildman–Crippen LogP) is 2.47. The lowest BCUT2D eigenvalue weighted by atomic mass is 10.1. The quantitative estimate of drug-likeness (QED) is 0.809. The van der Waals surface area contributed by atoms with Crippen LogP contribution in [0.25, 0.3) is 0 Å². The second kappa shape index (κ2) is 5.45. The largest absolute Gasteiger partial charge is 0.472 e. The zero-order chi connectivity index (χ0) is 12.3. The number of hydrogen-bond acceptors (Lipinski definition) is 3. The van der Waals surface area contributed by atoms with Crippen LogP contribution >= 0.6 is 0 Å². The maximum atomic E-state index is 13.4. The molecule has 1 aromatic heterocycles. The average Bonchev–Trinajstić information content (AvgIpc) is 2.33. The first-order valence-electron chi connectivity index (χ1n) is 6.18. The van der Waals surface area contributed by atoms with Gasteiger partial charge in [0.15, 0.2) is 5.82 Å². The summed E-state index contributed by atoms with van der Waals surface area (Å²) in [4.78, 5) is 6.33. The van der Waals surface area contributed by atoms with Crippen LogP contribution in [0, 0.1) is 5.82 Å². The van der Waals surface area contributed by atoms with Crippen LogP contribution in [0.5, 0.6) is 5.88 Å². The molecule has 2 rings (SSSR count). The fraction of sp³-hybridized carbons (Fsp3) is 0.615. The minimum Gasteiger partial charge on any atom is -0.472 e. The molecule has 0 aliphatic carbocycles. The van der Waals surface area contributed by atoms with Gasteiger partial charge in [0.25, 0.3) is 5.88 Å². The van der Waals surface area contributed by atoms with Gasteiger partial charge >= 0.3 is 0 Å². The third kappa shape index (κ3) is 3.16. The molecule has 2 heterocycles. The maximum absolute atomic E-state index is 13.4. The minimum absolute atomic E-state index is 0.0920. The molecule has 94 valence electrons. The van der Waals surface area contributed by atoms with Gasteiger partial charge < -0.3 is 9.64 Å². The molecule has 4 heteroatoms. The zero-order valence-corrected chi connectivity index (χ0v) is 10.4. The molecule has 0 N–H and O–H groups in total. The van der Waals surface area contributed by atoms with Crippen molar-refractivity contribution in [1.29, 1.82) is 0 Å². The molecular weight excluding hydrogens is 219 g/mol. The standard InChI is InChI=1S/C13H19FN2O/c1-10(2)16-8-5-11(6-9-16)17-13-12(14)4-3-7-15-13/h3-4,7,10-11H,5-6,8-9H2,1-2H3. The molecular formula is C13H19FN2O. The molecule has 0 bridgehead atoms. The Balaban J connectivity index is 1.88. The van der Waals surface area contributed by atoms with E-state index in [-0.39, 0.29) is 17.8 Å². The summed E-state index contributed by atoms with van der Waals surface area (Å²) in [5.74, 6) is -0.241. The molecule has 1 aliphatic heterocycles. The SMILES string of the molecule is CC(C)N1CCC(Oc2ncccc2F)CC1. The number of aromatic nitrogens is 1. The lowest BCUT2D eigenvalue weighted by molar-refractivity contribution is 0.0782. The third-order valence-electron chi connectivity index (χ3n) is 3.21. The van der Waals surface area contributed by atoms with Crippen LogP contribution in [0.2, 0.25) is 0 Å². The Kier molecular flexibility index (Phi) is 3.94. The Morgan fingerprint density at radius 1 is 1.41 bits per heavy atom. The van der Waals surface area contributed by atoms with E-state index < -0.39 is 0 Å². The lowest BCUT2D eigenvalue weighted by Crippen LogP contribution is -2.41. The van der Waals surface area contributed by atoms with Crippen LogP contribution < -0.4 is 4.74 Å². The van der Waals surface area contributed by atoms with E-state index in [1.807, 2.05) is 0 Å². The molecule has 0 atom stereocenters. The highest BCUT2D eigenvalue weighted by molar-refractivity contribution is 5.13. The number of rotatable bonds is 3. The first-order valence-corrected chi connectivity index (χ1v) is 6.18. The van der Waals surface area contributed by atoms with Gasteiger partial charge in [-0.3, -0.25) is 0 Å². The summed E-state index contributed by atoms with van der Waals surface area (Å²) in [7, 11) is 0. The molecule has 1 aliphatic rings. The number of likely N-dealkylation sites (tertiary alicyclic amines) is 1. The molecule has 0 unspecified atom stereocenters. The Morgan fingerprint density at radius 3 is 2.71 bits per heavy atom. The Morgan fingerprint density at radius 2 is 2.12 bits per heavy atom. The van der Waals surface area contributed by atoms with Gasteiger partial charge in [-0.15, -0.1) is 0 Å². The van der Waals surface area contributed by atoms with Crippen molar-refractivity contribution in [3.8, 4) is 5.88 Å². The Hall–Kier alpha value is -1.16. The monoisotopic (exact) mass is 238 g/mol. The van der Waals surface area contributed by atoms with Crippen molar-refractivity contribution >= 4 is 0 Å². The normalized spacial score (nSPS) is 18.6. The number of ether oxygens (including phenoxy) is 1. The number of hydrogen-bond donors (Lipinski definition) is 0. The van der Waals surface area contributed by atoms with Crippen molar-refractivity contribution in [2.75, 3.05) is 13.1 Å². The van der Waals surface area contributed by atoms with E-state index in [0.717, 1.165) is 25.9 Å². The summed E-state index contributed by atoms with van der Waals surface area (Å²) in [5.41, 5.74) is 0. The second-order valence-corrected chi connectivity index (χ2v) is 4.74. The molecule has 0 amide bonds. The smallest absolute Gasteiger partial charge is 0.250 e. The molecule has 0 radical (unpaired) electrons. The van der Waals surface area contributed by atoms with Crippen molar-refractivity contribution in [3.05, 3.63) is 24.1 Å². The highest BCUT2D eigenvalue weighted by Crippen LogP contribution is 2.20.